The highest BCUT2D eigenvalue weighted by molar-refractivity contribution is 14.1. The second kappa shape index (κ2) is 4.85. The van der Waals surface area contributed by atoms with Crippen LogP contribution in [0, 0.1) is 3.70 Å². The van der Waals surface area contributed by atoms with Gasteiger partial charge in [0.15, 0.2) is 18.8 Å². The van der Waals surface area contributed by atoms with Crippen LogP contribution in [0.1, 0.15) is 5.76 Å². The Morgan fingerprint density at radius 3 is 3.11 bits per heavy atom. The number of aromatic nitrogens is 5. The fraction of sp³-hybridized carbons (Fsp3) is 0.222. The summed E-state index contributed by atoms with van der Waals surface area (Å²) in [4.78, 5) is 19.7. The number of rotatable bonds is 4. The minimum atomic E-state index is -0.209. The minimum absolute atomic E-state index is 0.161. The van der Waals surface area contributed by atoms with Gasteiger partial charge in [0.25, 0.3) is 5.19 Å². The molecule has 0 spiro atoms. The van der Waals surface area contributed by atoms with Crippen LogP contribution >= 0.6 is 33.9 Å². The normalized spacial score (nSPS) is 11.1. The summed E-state index contributed by atoms with van der Waals surface area (Å²) >= 11 is 3.51. The lowest BCUT2D eigenvalue weighted by molar-refractivity contribution is 0.266. The van der Waals surface area contributed by atoms with Crippen molar-refractivity contribution in [2.24, 2.45) is 7.05 Å². The van der Waals surface area contributed by atoms with Crippen molar-refractivity contribution in [1.82, 2.24) is 24.5 Å². The monoisotopic (exact) mass is 393 g/mol. The van der Waals surface area contributed by atoms with E-state index in [0.29, 0.717) is 16.8 Å². The highest BCUT2D eigenvalue weighted by Crippen LogP contribution is 2.21. The fourth-order valence-electron chi connectivity index (χ4n) is 1.46. The van der Waals surface area contributed by atoms with Gasteiger partial charge >= 0.3 is 5.69 Å². The maximum atomic E-state index is 11.5. The van der Waals surface area contributed by atoms with Gasteiger partial charge in [-0.2, -0.15) is 14.6 Å². The Morgan fingerprint density at radius 2 is 2.47 bits per heavy atom. The molecule has 0 atom stereocenters. The van der Waals surface area contributed by atoms with Crippen LogP contribution in [0.25, 0.3) is 5.82 Å². The molecule has 19 heavy (non-hydrogen) atoms. The van der Waals surface area contributed by atoms with E-state index in [2.05, 4.69) is 37.8 Å². The van der Waals surface area contributed by atoms with Gasteiger partial charge in [-0.1, -0.05) is 11.3 Å². The third-order valence-corrected chi connectivity index (χ3v) is 4.07. The number of ether oxygens (including phenoxy) is 1. The molecule has 8 nitrogen and oxygen atoms in total. The van der Waals surface area contributed by atoms with Gasteiger partial charge < -0.3 is 9.15 Å². The highest BCUT2D eigenvalue weighted by Gasteiger charge is 2.17. The molecule has 1 N–H and O–H groups in total. The number of hydrogen-bond acceptors (Lipinski definition) is 6. The average Bonchev–Trinajstić information content (AvgIpc) is 3.01. The van der Waals surface area contributed by atoms with Gasteiger partial charge in [-0.05, 0) is 22.6 Å². The molecular formula is C9H8IN5O3S. The average molecular weight is 393 g/mol. The SMILES string of the molecule is Cn1[nH]n(-c2ncoc2COc2nc(I)cs2)c1=O. The lowest BCUT2D eigenvalue weighted by atomic mass is 10.5. The summed E-state index contributed by atoms with van der Waals surface area (Å²) < 4.78 is 14.2. The maximum absolute atomic E-state index is 11.5. The zero-order chi connectivity index (χ0) is 13.4. The van der Waals surface area contributed by atoms with Crippen molar-refractivity contribution in [1.29, 1.82) is 0 Å². The molecule has 0 aromatic carbocycles. The van der Waals surface area contributed by atoms with Crippen molar-refractivity contribution >= 4 is 33.9 Å². The molecule has 0 bridgehead atoms. The summed E-state index contributed by atoms with van der Waals surface area (Å²) in [7, 11) is 1.62. The van der Waals surface area contributed by atoms with Crippen molar-refractivity contribution in [3.63, 3.8) is 0 Å². The summed E-state index contributed by atoms with van der Waals surface area (Å²) in [6, 6.07) is 0. The van der Waals surface area contributed by atoms with Gasteiger partial charge in [-0.25, -0.2) is 14.7 Å². The van der Waals surface area contributed by atoms with E-state index < -0.39 is 0 Å². The van der Waals surface area contributed by atoms with Crippen LogP contribution < -0.4 is 10.4 Å². The van der Waals surface area contributed by atoms with Gasteiger partial charge in [-0.15, -0.1) is 0 Å². The molecule has 0 aliphatic heterocycles. The van der Waals surface area contributed by atoms with E-state index in [4.69, 9.17) is 9.15 Å². The first-order valence-corrected chi connectivity index (χ1v) is 7.11. The molecular weight excluding hydrogens is 385 g/mol. The van der Waals surface area contributed by atoms with Crippen LogP contribution in [-0.4, -0.2) is 24.5 Å². The number of oxazole rings is 1. The van der Waals surface area contributed by atoms with E-state index >= 15 is 0 Å². The summed E-state index contributed by atoms with van der Waals surface area (Å²) in [6.07, 6.45) is 1.27. The van der Waals surface area contributed by atoms with Gasteiger partial charge in [0.1, 0.15) is 3.70 Å². The molecule has 100 valence electrons. The lowest BCUT2D eigenvalue weighted by Crippen LogP contribution is -2.40. The number of aromatic amines is 1. The van der Waals surface area contributed by atoms with Crippen LogP contribution in [-0.2, 0) is 13.7 Å². The first-order chi connectivity index (χ1) is 9.15. The molecule has 0 saturated heterocycles. The quantitative estimate of drug-likeness (QED) is 0.672. The molecule has 10 heteroatoms. The first-order valence-electron chi connectivity index (χ1n) is 5.15. The number of hydrogen-bond donors (Lipinski definition) is 1. The van der Waals surface area contributed by atoms with Crippen molar-refractivity contribution in [3.05, 3.63) is 31.7 Å². The highest BCUT2D eigenvalue weighted by atomic mass is 127. The molecule has 3 heterocycles. The Morgan fingerprint density at radius 1 is 1.63 bits per heavy atom. The van der Waals surface area contributed by atoms with Gasteiger partial charge in [0, 0.05) is 12.4 Å². The minimum Gasteiger partial charge on any atom is -0.462 e. The van der Waals surface area contributed by atoms with E-state index in [1.54, 1.807) is 7.05 Å². The largest absolute Gasteiger partial charge is 0.462 e. The van der Waals surface area contributed by atoms with Crippen LogP contribution in [0.2, 0.25) is 0 Å². The Balaban J connectivity index is 1.78. The smallest absolute Gasteiger partial charge is 0.365 e. The summed E-state index contributed by atoms with van der Waals surface area (Å²) in [5.74, 6) is 0.855. The van der Waals surface area contributed by atoms with Crippen molar-refractivity contribution in [2.45, 2.75) is 6.61 Å². The Labute approximate surface area is 124 Å². The van der Waals surface area contributed by atoms with E-state index in [1.807, 2.05) is 5.38 Å². The Hall–Kier alpha value is -1.56. The van der Waals surface area contributed by atoms with E-state index in [1.165, 1.54) is 27.1 Å². The van der Waals surface area contributed by atoms with Crippen LogP contribution in [0.4, 0.5) is 0 Å². The summed E-state index contributed by atoms with van der Waals surface area (Å²) in [6.45, 7) is 0.161. The van der Waals surface area contributed by atoms with Crippen molar-refractivity contribution < 1.29 is 9.15 Å². The van der Waals surface area contributed by atoms with Gasteiger partial charge in [0.2, 0.25) is 5.82 Å². The molecule has 0 radical (unpaired) electrons. The van der Waals surface area contributed by atoms with Crippen LogP contribution in [0.3, 0.4) is 0 Å². The molecule has 0 aliphatic carbocycles. The second-order valence-electron chi connectivity index (χ2n) is 3.60. The zero-order valence-corrected chi connectivity index (χ0v) is 12.6. The summed E-state index contributed by atoms with van der Waals surface area (Å²) in [5.41, 5.74) is -0.209. The molecule has 3 aromatic rings. The molecule has 0 fully saturated rings. The van der Waals surface area contributed by atoms with E-state index in [0.717, 1.165) is 3.70 Å². The first kappa shape index (κ1) is 12.5. The molecule has 0 aliphatic rings. The number of halogens is 1. The third kappa shape index (κ3) is 2.32. The second-order valence-corrected chi connectivity index (χ2v) is 5.53. The fourth-order valence-corrected chi connectivity index (χ4v) is 2.75. The van der Waals surface area contributed by atoms with Gasteiger partial charge in [0.05, 0.1) is 0 Å². The maximum Gasteiger partial charge on any atom is 0.365 e. The molecule has 3 rings (SSSR count). The number of aryl methyl sites for hydroxylation is 1. The lowest BCUT2D eigenvalue weighted by Gasteiger charge is -2.11. The predicted octanol–water partition coefficient (Wildman–Crippen LogP) is 1.13. The zero-order valence-electron chi connectivity index (χ0n) is 9.66. The summed E-state index contributed by atoms with van der Waals surface area (Å²) in [5, 5.41) is 5.19. The van der Waals surface area contributed by atoms with E-state index in [-0.39, 0.29) is 12.3 Å². The predicted molar refractivity (Wildman–Crippen MR) is 74.6 cm³/mol. The standard InChI is InChI=1S/C9H8IN5O3S/c1-14-9(16)15(13-14)7-5(18-4-11-7)2-17-8-12-6(10)3-19-8/h3-4,13H,2H2,1H3. The van der Waals surface area contributed by atoms with Crippen molar-refractivity contribution in [2.75, 3.05) is 0 Å². The van der Waals surface area contributed by atoms with Crippen molar-refractivity contribution in [3.8, 4) is 11.0 Å². The van der Waals surface area contributed by atoms with Gasteiger partial charge in [-0.3, -0.25) is 0 Å². The third-order valence-electron chi connectivity index (χ3n) is 2.34. The topological polar surface area (TPSA) is 90.9 Å². The molecule has 0 unspecified atom stereocenters. The number of thiazole rings is 1. The van der Waals surface area contributed by atoms with Crippen LogP contribution in [0.15, 0.2) is 21.0 Å². The Kier molecular flexibility index (Phi) is 3.18. The molecule has 0 saturated carbocycles. The number of nitrogens with one attached hydrogen (secondary N) is 1. The molecule has 3 aromatic heterocycles. The Bertz CT molecular complexity index is 751. The number of nitrogens with zero attached hydrogens (tertiary/aromatic N) is 4. The molecule has 0 amide bonds. The number of H-pyrrole nitrogens is 1. The van der Waals surface area contributed by atoms with Crippen LogP contribution in [0.5, 0.6) is 5.19 Å². The van der Waals surface area contributed by atoms with E-state index in [9.17, 15) is 4.79 Å².